The van der Waals surface area contributed by atoms with Gasteiger partial charge < -0.3 is 10.8 Å². The highest BCUT2D eigenvalue weighted by atomic mass is 35.5. The number of phenolic OH excluding ortho intramolecular Hbond substituents is 1. The maximum absolute atomic E-state index is 10.9. The first-order chi connectivity index (χ1) is 11.5. The lowest BCUT2D eigenvalue weighted by molar-refractivity contribution is -0.118. The predicted molar refractivity (Wildman–Crippen MR) is 92.8 cm³/mol. The van der Waals surface area contributed by atoms with Crippen LogP contribution in [-0.4, -0.2) is 25.8 Å². The Morgan fingerprint density at radius 1 is 1.38 bits per heavy atom. The molecule has 0 aliphatic carbocycles. The Morgan fingerprint density at radius 3 is 2.88 bits per heavy atom. The number of amides is 1. The van der Waals surface area contributed by atoms with Gasteiger partial charge in [-0.25, -0.2) is 4.98 Å². The normalized spacial score (nSPS) is 11.1. The minimum Gasteiger partial charge on any atom is -0.506 e. The maximum Gasteiger partial charge on any atom is 0.217 e. The van der Waals surface area contributed by atoms with Gasteiger partial charge in [0.25, 0.3) is 0 Å². The molecule has 124 valence electrons. The van der Waals surface area contributed by atoms with Crippen molar-refractivity contribution in [3.8, 4) is 17.0 Å². The maximum atomic E-state index is 10.9. The van der Waals surface area contributed by atoms with Crippen LogP contribution in [0, 0.1) is 6.92 Å². The van der Waals surface area contributed by atoms with Gasteiger partial charge in [0.05, 0.1) is 22.4 Å². The van der Waals surface area contributed by atoms with Crippen molar-refractivity contribution in [2.45, 2.75) is 26.3 Å². The number of carbonyl (C=O) groups is 1. The molecule has 2 heterocycles. The third kappa shape index (κ3) is 3.19. The lowest BCUT2D eigenvalue weighted by Gasteiger charge is -2.08. The van der Waals surface area contributed by atoms with Gasteiger partial charge in [0.2, 0.25) is 5.91 Å². The standard InChI is InChI=1S/C17H17ClN4O2/c1-10-7-13(11-4-5-15(23)12(18)8-11)21-14-9-20-22(17(10)14)6-2-3-16(19)24/h4-5,7-9,23H,2-3,6H2,1H3,(H2,19,24). The number of carbonyl (C=O) groups excluding carboxylic acids is 1. The van der Waals surface area contributed by atoms with Crippen LogP contribution in [0.15, 0.2) is 30.5 Å². The molecule has 0 radical (unpaired) electrons. The summed E-state index contributed by atoms with van der Waals surface area (Å²) in [5.41, 5.74) is 9.49. The molecule has 0 fully saturated rings. The Morgan fingerprint density at radius 2 is 2.17 bits per heavy atom. The molecule has 0 aliphatic heterocycles. The van der Waals surface area contributed by atoms with Crippen LogP contribution in [0.25, 0.3) is 22.3 Å². The molecule has 0 atom stereocenters. The monoisotopic (exact) mass is 344 g/mol. The highest BCUT2D eigenvalue weighted by molar-refractivity contribution is 6.32. The molecule has 0 bridgehead atoms. The number of aromatic nitrogens is 3. The Hall–Kier alpha value is -2.60. The van der Waals surface area contributed by atoms with Gasteiger partial charge in [0, 0.05) is 18.5 Å². The van der Waals surface area contributed by atoms with Crippen molar-refractivity contribution >= 4 is 28.5 Å². The third-order valence-electron chi connectivity index (χ3n) is 3.82. The minimum atomic E-state index is -0.312. The van der Waals surface area contributed by atoms with Crippen molar-refractivity contribution < 1.29 is 9.90 Å². The molecule has 3 N–H and O–H groups in total. The average molecular weight is 345 g/mol. The van der Waals surface area contributed by atoms with E-state index >= 15 is 0 Å². The van der Waals surface area contributed by atoms with Crippen LogP contribution < -0.4 is 5.73 Å². The van der Waals surface area contributed by atoms with E-state index in [1.165, 1.54) is 0 Å². The molecule has 7 heteroatoms. The first kappa shape index (κ1) is 16.3. The molecule has 6 nitrogen and oxygen atoms in total. The van der Waals surface area contributed by atoms with Crippen molar-refractivity contribution in [2.24, 2.45) is 5.73 Å². The highest BCUT2D eigenvalue weighted by Gasteiger charge is 2.11. The van der Waals surface area contributed by atoms with Crippen molar-refractivity contribution in [2.75, 3.05) is 0 Å². The van der Waals surface area contributed by atoms with E-state index in [1.807, 2.05) is 17.7 Å². The average Bonchev–Trinajstić information content (AvgIpc) is 2.93. The van der Waals surface area contributed by atoms with Crippen molar-refractivity contribution in [1.82, 2.24) is 14.8 Å². The van der Waals surface area contributed by atoms with Gasteiger partial charge in [-0.2, -0.15) is 5.10 Å². The quantitative estimate of drug-likeness (QED) is 0.743. The fraction of sp³-hybridized carbons (Fsp3) is 0.235. The summed E-state index contributed by atoms with van der Waals surface area (Å²) in [6.45, 7) is 2.60. The number of hydrogen-bond acceptors (Lipinski definition) is 4. The first-order valence-electron chi connectivity index (χ1n) is 7.56. The smallest absolute Gasteiger partial charge is 0.217 e. The topological polar surface area (TPSA) is 94.0 Å². The number of aromatic hydroxyl groups is 1. The number of primary amides is 1. The number of aryl methyl sites for hydroxylation is 2. The number of benzene rings is 1. The highest BCUT2D eigenvalue weighted by Crippen LogP contribution is 2.30. The predicted octanol–water partition coefficient (Wildman–Crippen LogP) is 3.03. The number of phenols is 1. The second-order valence-corrected chi connectivity index (χ2v) is 6.07. The number of halogens is 1. The zero-order valence-electron chi connectivity index (χ0n) is 13.2. The van der Waals surface area contributed by atoms with Crippen LogP contribution in [0.5, 0.6) is 5.75 Å². The molecular formula is C17H17ClN4O2. The summed E-state index contributed by atoms with van der Waals surface area (Å²) in [4.78, 5) is 15.5. The van der Waals surface area contributed by atoms with Gasteiger partial charge in [-0.05, 0) is 43.2 Å². The number of fused-ring (bicyclic) bond motifs is 1. The first-order valence-corrected chi connectivity index (χ1v) is 7.94. The zero-order chi connectivity index (χ0) is 17.3. The van der Waals surface area contributed by atoms with E-state index in [0.29, 0.717) is 19.4 Å². The summed E-state index contributed by atoms with van der Waals surface area (Å²) in [5, 5.41) is 14.2. The Labute approximate surface area is 143 Å². The van der Waals surface area contributed by atoms with Gasteiger partial charge in [-0.1, -0.05) is 11.6 Å². The summed E-state index contributed by atoms with van der Waals surface area (Å²) < 4.78 is 1.84. The molecule has 24 heavy (non-hydrogen) atoms. The molecular weight excluding hydrogens is 328 g/mol. The molecule has 0 unspecified atom stereocenters. The SMILES string of the molecule is Cc1cc(-c2ccc(O)c(Cl)c2)nc2cnn(CCCC(N)=O)c12. The van der Waals surface area contributed by atoms with E-state index in [9.17, 15) is 9.90 Å². The summed E-state index contributed by atoms with van der Waals surface area (Å²) in [6, 6.07) is 6.96. The Kier molecular flexibility index (Phi) is 4.40. The van der Waals surface area contributed by atoms with E-state index in [0.717, 1.165) is 27.9 Å². The molecule has 1 amide bonds. The molecule has 3 rings (SSSR count). The van der Waals surface area contributed by atoms with E-state index in [2.05, 4.69) is 10.1 Å². The molecule has 0 saturated carbocycles. The van der Waals surface area contributed by atoms with Crippen LogP contribution >= 0.6 is 11.6 Å². The van der Waals surface area contributed by atoms with Gasteiger partial charge in [0.1, 0.15) is 11.3 Å². The summed E-state index contributed by atoms with van der Waals surface area (Å²) >= 11 is 5.98. The van der Waals surface area contributed by atoms with Gasteiger partial charge >= 0.3 is 0 Å². The van der Waals surface area contributed by atoms with Crippen LogP contribution in [0.4, 0.5) is 0 Å². The largest absolute Gasteiger partial charge is 0.506 e. The van der Waals surface area contributed by atoms with Crippen LogP contribution in [0.2, 0.25) is 5.02 Å². The second-order valence-electron chi connectivity index (χ2n) is 5.66. The molecule has 1 aromatic carbocycles. The molecule has 0 aliphatic rings. The van der Waals surface area contributed by atoms with E-state index in [4.69, 9.17) is 17.3 Å². The number of nitrogens with zero attached hydrogens (tertiary/aromatic N) is 3. The molecule has 0 spiro atoms. The number of hydrogen-bond donors (Lipinski definition) is 2. The zero-order valence-corrected chi connectivity index (χ0v) is 13.9. The fourth-order valence-electron chi connectivity index (χ4n) is 2.69. The van der Waals surface area contributed by atoms with Crippen molar-refractivity contribution in [1.29, 1.82) is 0 Å². The lowest BCUT2D eigenvalue weighted by Crippen LogP contribution is -2.12. The van der Waals surface area contributed by atoms with Crippen molar-refractivity contribution in [3.63, 3.8) is 0 Å². The molecule has 0 saturated heterocycles. The van der Waals surface area contributed by atoms with Gasteiger partial charge in [-0.15, -0.1) is 0 Å². The fourth-order valence-corrected chi connectivity index (χ4v) is 2.87. The number of rotatable bonds is 5. The third-order valence-corrected chi connectivity index (χ3v) is 4.13. The lowest BCUT2D eigenvalue weighted by atomic mass is 10.1. The molecule has 2 aromatic heterocycles. The van der Waals surface area contributed by atoms with Crippen molar-refractivity contribution in [3.05, 3.63) is 41.0 Å². The van der Waals surface area contributed by atoms with Gasteiger partial charge in [0.15, 0.2) is 0 Å². The van der Waals surface area contributed by atoms with E-state index < -0.39 is 0 Å². The van der Waals surface area contributed by atoms with Crippen LogP contribution in [-0.2, 0) is 11.3 Å². The number of nitrogens with two attached hydrogens (primary N) is 1. The summed E-state index contributed by atoms with van der Waals surface area (Å²) in [5.74, 6) is -0.270. The van der Waals surface area contributed by atoms with E-state index in [1.54, 1.807) is 24.4 Å². The molecule has 3 aromatic rings. The van der Waals surface area contributed by atoms with E-state index in [-0.39, 0.29) is 16.7 Å². The van der Waals surface area contributed by atoms with Gasteiger partial charge in [-0.3, -0.25) is 9.48 Å². The number of pyridine rings is 1. The second kappa shape index (κ2) is 6.49. The van der Waals surface area contributed by atoms with Crippen LogP contribution in [0.1, 0.15) is 18.4 Å². The minimum absolute atomic E-state index is 0.0421. The Bertz CT molecular complexity index is 920. The van der Waals surface area contributed by atoms with Crippen LogP contribution in [0.3, 0.4) is 0 Å². The Balaban J connectivity index is 1.96. The summed E-state index contributed by atoms with van der Waals surface area (Å²) in [7, 11) is 0. The summed E-state index contributed by atoms with van der Waals surface area (Å²) in [6.07, 6.45) is 2.68.